The Balaban J connectivity index is 2.81. The summed E-state index contributed by atoms with van der Waals surface area (Å²) in [5.41, 5.74) is 0.810. The monoisotopic (exact) mass is 295 g/mol. The van der Waals surface area contributed by atoms with Crippen LogP contribution in [0, 0.1) is 0 Å². The molecule has 2 rings (SSSR count). The first-order valence-electron chi connectivity index (χ1n) is 3.48. The third-order valence-corrected chi connectivity index (χ3v) is 3.17. The van der Waals surface area contributed by atoms with Crippen molar-refractivity contribution < 1.29 is 12.8 Å². The highest BCUT2D eigenvalue weighted by atomic mass is 79.9. The second kappa shape index (κ2) is 3.22. The molecule has 14 heavy (non-hydrogen) atoms. The molecule has 2 aromatic rings. The van der Waals surface area contributed by atoms with E-state index in [2.05, 4.69) is 20.9 Å². The van der Waals surface area contributed by atoms with Crippen LogP contribution in [0.4, 0.5) is 0 Å². The molecule has 7 heteroatoms. The van der Waals surface area contributed by atoms with Crippen molar-refractivity contribution in [2.75, 3.05) is 0 Å². The molecule has 4 nitrogen and oxygen atoms in total. The molecule has 0 aliphatic carbocycles. The number of rotatable bonds is 1. The molecule has 0 atom stereocenters. The molecule has 0 saturated heterocycles. The van der Waals surface area contributed by atoms with Gasteiger partial charge in [-0.05, 0) is 28.1 Å². The van der Waals surface area contributed by atoms with Gasteiger partial charge >= 0.3 is 14.3 Å². The lowest BCUT2D eigenvalue weighted by Gasteiger charge is -1.87. The van der Waals surface area contributed by atoms with E-state index in [4.69, 9.17) is 15.1 Å². The average molecular weight is 297 g/mol. The van der Waals surface area contributed by atoms with Gasteiger partial charge in [-0.25, -0.2) is 8.42 Å². The lowest BCUT2D eigenvalue weighted by Crippen LogP contribution is -1.88. The van der Waals surface area contributed by atoms with Crippen molar-refractivity contribution >= 4 is 46.8 Å². The largest absolute Gasteiger partial charge is 0.426 e. The maximum atomic E-state index is 10.9. The molecule has 0 radical (unpaired) electrons. The van der Waals surface area contributed by atoms with Crippen LogP contribution in [0.1, 0.15) is 0 Å². The minimum Gasteiger partial charge on any atom is -0.426 e. The van der Waals surface area contributed by atoms with Crippen LogP contribution in [0.3, 0.4) is 0 Å². The summed E-state index contributed by atoms with van der Waals surface area (Å²) in [6, 6.07) is 5.08. The van der Waals surface area contributed by atoms with Gasteiger partial charge in [-0.2, -0.15) is 4.98 Å². The molecule has 1 heterocycles. The first-order valence-corrected chi connectivity index (χ1v) is 6.58. The zero-order valence-corrected chi connectivity index (χ0v) is 9.73. The zero-order chi connectivity index (χ0) is 10.3. The van der Waals surface area contributed by atoms with Gasteiger partial charge in [0.1, 0.15) is 5.52 Å². The number of fused-ring (bicyclic) bond motifs is 1. The smallest absolute Gasteiger partial charge is 0.332 e. The third kappa shape index (κ3) is 1.65. The molecule has 0 amide bonds. The fourth-order valence-corrected chi connectivity index (χ4v) is 2.02. The molecule has 0 aliphatic heterocycles. The van der Waals surface area contributed by atoms with Crippen LogP contribution in [0.25, 0.3) is 11.1 Å². The Labute approximate surface area is 92.4 Å². The van der Waals surface area contributed by atoms with E-state index in [1.165, 1.54) is 0 Å². The van der Waals surface area contributed by atoms with Crippen LogP contribution in [-0.2, 0) is 9.05 Å². The van der Waals surface area contributed by atoms with Crippen molar-refractivity contribution in [1.82, 2.24) is 4.98 Å². The van der Waals surface area contributed by atoms with E-state index in [0.717, 1.165) is 0 Å². The summed E-state index contributed by atoms with van der Waals surface area (Å²) in [4.78, 5) is 3.73. The predicted octanol–water partition coefficient (Wildman–Crippen LogP) is 2.52. The molecule has 0 N–H and O–H groups in total. The molecule has 0 bridgehead atoms. The van der Waals surface area contributed by atoms with Crippen molar-refractivity contribution in [3.63, 3.8) is 0 Å². The summed E-state index contributed by atoms with van der Waals surface area (Å²) < 4.78 is 27.4. The third-order valence-electron chi connectivity index (χ3n) is 1.56. The van der Waals surface area contributed by atoms with Crippen LogP contribution in [0.15, 0.2) is 32.3 Å². The Hall–Kier alpha value is -0.590. The number of para-hydroxylation sites is 1. The van der Waals surface area contributed by atoms with Crippen molar-refractivity contribution in [1.29, 1.82) is 0 Å². The van der Waals surface area contributed by atoms with E-state index in [-0.39, 0.29) is 0 Å². The second-order valence-electron chi connectivity index (χ2n) is 2.51. The summed E-state index contributed by atoms with van der Waals surface area (Å²) in [5, 5.41) is -0.485. The van der Waals surface area contributed by atoms with Crippen LogP contribution in [0.2, 0.25) is 0 Å². The van der Waals surface area contributed by atoms with Gasteiger partial charge in [0.2, 0.25) is 0 Å². The Morgan fingerprint density at radius 2 is 2.14 bits per heavy atom. The molecule has 0 aliphatic rings. The first kappa shape index (κ1) is 9.95. The van der Waals surface area contributed by atoms with Crippen molar-refractivity contribution in [3.8, 4) is 0 Å². The van der Waals surface area contributed by atoms with Gasteiger partial charge in [-0.3, -0.25) is 0 Å². The number of benzene rings is 1. The van der Waals surface area contributed by atoms with E-state index < -0.39 is 14.3 Å². The maximum Gasteiger partial charge on any atom is 0.332 e. The van der Waals surface area contributed by atoms with Gasteiger partial charge in [0.25, 0.3) is 0 Å². The van der Waals surface area contributed by atoms with E-state index in [1.807, 2.05) is 0 Å². The van der Waals surface area contributed by atoms with Crippen LogP contribution >= 0.6 is 26.6 Å². The number of halogens is 2. The molecule has 0 spiro atoms. The zero-order valence-electron chi connectivity index (χ0n) is 6.57. The molecular weight excluding hydrogens is 294 g/mol. The quantitative estimate of drug-likeness (QED) is 0.759. The number of hydrogen-bond acceptors (Lipinski definition) is 4. The van der Waals surface area contributed by atoms with Gasteiger partial charge in [0, 0.05) is 10.7 Å². The lowest BCUT2D eigenvalue weighted by molar-refractivity contribution is 0.463. The molecule has 0 fully saturated rings. The fourth-order valence-electron chi connectivity index (χ4n) is 0.999. The lowest BCUT2D eigenvalue weighted by atomic mass is 10.3. The minimum atomic E-state index is -3.91. The van der Waals surface area contributed by atoms with E-state index in [9.17, 15) is 8.42 Å². The Bertz CT molecular complexity index is 592. The van der Waals surface area contributed by atoms with Gasteiger partial charge in [-0.15, -0.1) is 0 Å². The number of aromatic nitrogens is 1. The molecular formula is C7H3BrClNO3S. The van der Waals surface area contributed by atoms with Crippen LogP contribution in [0.5, 0.6) is 0 Å². The summed E-state index contributed by atoms with van der Waals surface area (Å²) in [5.74, 6) is 0. The summed E-state index contributed by atoms with van der Waals surface area (Å²) in [6.45, 7) is 0. The van der Waals surface area contributed by atoms with Crippen molar-refractivity contribution in [3.05, 3.63) is 22.7 Å². The molecule has 0 saturated carbocycles. The first-order chi connectivity index (χ1) is 6.48. The van der Waals surface area contributed by atoms with Crippen LogP contribution < -0.4 is 0 Å². The summed E-state index contributed by atoms with van der Waals surface area (Å²) in [7, 11) is 1.18. The van der Waals surface area contributed by atoms with Crippen LogP contribution in [-0.4, -0.2) is 13.4 Å². The predicted molar refractivity (Wildman–Crippen MR) is 54.7 cm³/mol. The molecule has 74 valence electrons. The number of hydrogen-bond donors (Lipinski definition) is 0. The second-order valence-corrected chi connectivity index (χ2v) is 5.80. The highest BCUT2D eigenvalue weighted by Gasteiger charge is 2.19. The van der Waals surface area contributed by atoms with Gasteiger partial charge in [0.05, 0.1) is 4.47 Å². The average Bonchev–Trinajstić information content (AvgIpc) is 2.48. The van der Waals surface area contributed by atoms with Crippen molar-refractivity contribution in [2.45, 2.75) is 5.22 Å². The molecule has 0 unspecified atom stereocenters. The SMILES string of the molecule is O=S(=O)(Cl)c1nc2cccc(Br)c2o1. The van der Waals surface area contributed by atoms with Gasteiger partial charge in [0.15, 0.2) is 5.58 Å². The number of oxazole rings is 1. The Morgan fingerprint density at radius 3 is 2.71 bits per heavy atom. The highest BCUT2D eigenvalue weighted by molar-refractivity contribution is 9.10. The maximum absolute atomic E-state index is 10.9. The fraction of sp³-hybridized carbons (Fsp3) is 0. The van der Waals surface area contributed by atoms with Gasteiger partial charge < -0.3 is 4.42 Å². The van der Waals surface area contributed by atoms with Crippen molar-refractivity contribution in [2.24, 2.45) is 0 Å². The minimum absolute atomic E-state index is 0.367. The molecule has 1 aromatic carbocycles. The Kier molecular flexibility index (Phi) is 2.29. The number of nitrogens with zero attached hydrogens (tertiary/aromatic N) is 1. The summed E-state index contributed by atoms with van der Waals surface area (Å²) in [6.07, 6.45) is 0. The van der Waals surface area contributed by atoms with Gasteiger partial charge in [-0.1, -0.05) is 6.07 Å². The Morgan fingerprint density at radius 1 is 1.43 bits per heavy atom. The molecule has 1 aromatic heterocycles. The van der Waals surface area contributed by atoms with E-state index >= 15 is 0 Å². The standard InChI is InChI=1S/C7H3BrClNO3S/c8-4-2-1-3-5-6(4)13-7(10-5)14(9,11)12/h1-3H. The summed E-state index contributed by atoms with van der Waals surface area (Å²) >= 11 is 3.21. The topological polar surface area (TPSA) is 60.2 Å². The highest BCUT2D eigenvalue weighted by Crippen LogP contribution is 2.27. The van der Waals surface area contributed by atoms with E-state index in [0.29, 0.717) is 15.6 Å². The van der Waals surface area contributed by atoms with E-state index in [1.54, 1.807) is 18.2 Å². The normalized spacial score (nSPS) is 12.1.